The summed E-state index contributed by atoms with van der Waals surface area (Å²) in [6, 6.07) is 14.8. The summed E-state index contributed by atoms with van der Waals surface area (Å²) in [6.07, 6.45) is 1.52. The highest BCUT2D eigenvalue weighted by Gasteiger charge is 2.10. The van der Waals surface area contributed by atoms with E-state index in [9.17, 15) is 4.79 Å². The lowest BCUT2D eigenvalue weighted by atomic mass is 10.2. The Hall–Kier alpha value is -2.71. The molecule has 0 amide bonds. The van der Waals surface area contributed by atoms with Gasteiger partial charge >= 0.3 is 0 Å². The molecule has 0 spiro atoms. The van der Waals surface area contributed by atoms with Crippen LogP contribution in [-0.2, 0) is 4.79 Å². The van der Waals surface area contributed by atoms with Gasteiger partial charge in [0.1, 0.15) is 11.2 Å². The number of carbonyl (C=O) groups excluding carboxylic acids is 1. The maximum Gasteiger partial charge on any atom is 0.240 e. The topological polar surface area (TPSA) is 55.5 Å². The van der Waals surface area contributed by atoms with Gasteiger partial charge in [0.05, 0.1) is 0 Å². The average molecular weight is 236 g/mol. The van der Waals surface area contributed by atoms with Gasteiger partial charge in [-0.05, 0) is 24.3 Å². The summed E-state index contributed by atoms with van der Waals surface area (Å²) in [4.78, 5) is 18.3. The minimum absolute atomic E-state index is 0.466. The molecule has 18 heavy (non-hydrogen) atoms. The Bertz CT molecular complexity index is 741. The summed E-state index contributed by atoms with van der Waals surface area (Å²) in [6.45, 7) is 0. The van der Waals surface area contributed by atoms with Crippen LogP contribution in [0.25, 0.3) is 22.6 Å². The minimum atomic E-state index is 0.466. The maximum absolute atomic E-state index is 10.3. The second-order valence-electron chi connectivity index (χ2n) is 3.71. The van der Waals surface area contributed by atoms with E-state index in [0.29, 0.717) is 22.7 Å². The zero-order valence-corrected chi connectivity index (χ0v) is 9.33. The largest absolute Gasteiger partial charge is 0.436 e. The van der Waals surface area contributed by atoms with Crippen LogP contribution >= 0.6 is 0 Å². The maximum atomic E-state index is 10.3. The number of aromatic nitrogens is 1. The molecule has 3 rings (SSSR count). The average Bonchev–Trinajstić information content (AvgIpc) is 2.85. The van der Waals surface area contributed by atoms with E-state index in [0.717, 1.165) is 5.56 Å². The number of para-hydroxylation sites is 1. The lowest BCUT2D eigenvalue weighted by Crippen LogP contribution is -1.75. The fourth-order valence-electron chi connectivity index (χ4n) is 1.78. The first-order valence-corrected chi connectivity index (χ1v) is 5.41. The molecule has 0 bridgehead atoms. The van der Waals surface area contributed by atoms with Crippen molar-refractivity contribution in [2.24, 2.45) is 4.99 Å². The van der Waals surface area contributed by atoms with Crippen molar-refractivity contribution in [1.82, 2.24) is 4.98 Å². The number of isocyanates is 1. The Labute approximate surface area is 103 Å². The third-order valence-corrected chi connectivity index (χ3v) is 2.58. The molecule has 0 atom stereocenters. The molecule has 0 fully saturated rings. The van der Waals surface area contributed by atoms with Crippen molar-refractivity contribution in [1.29, 1.82) is 0 Å². The second kappa shape index (κ2) is 4.28. The van der Waals surface area contributed by atoms with Gasteiger partial charge in [0.2, 0.25) is 12.0 Å². The second-order valence-corrected chi connectivity index (χ2v) is 3.71. The molecule has 0 saturated carbocycles. The lowest BCUT2D eigenvalue weighted by molar-refractivity contribution is 0.565. The van der Waals surface area contributed by atoms with E-state index in [-0.39, 0.29) is 0 Å². The van der Waals surface area contributed by atoms with Gasteiger partial charge in [-0.2, -0.15) is 4.99 Å². The molecule has 4 heteroatoms. The molecular weight excluding hydrogens is 228 g/mol. The van der Waals surface area contributed by atoms with Crippen molar-refractivity contribution in [3.05, 3.63) is 48.5 Å². The fraction of sp³-hybridized carbons (Fsp3) is 0. The minimum Gasteiger partial charge on any atom is -0.436 e. The van der Waals surface area contributed by atoms with Crippen LogP contribution < -0.4 is 0 Å². The van der Waals surface area contributed by atoms with Crippen molar-refractivity contribution in [3.63, 3.8) is 0 Å². The van der Waals surface area contributed by atoms with Crippen LogP contribution in [0.2, 0.25) is 0 Å². The Kier molecular flexibility index (Phi) is 2.48. The fourth-order valence-corrected chi connectivity index (χ4v) is 1.78. The Morgan fingerprint density at radius 3 is 2.67 bits per heavy atom. The van der Waals surface area contributed by atoms with Gasteiger partial charge in [0.15, 0.2) is 5.58 Å². The molecule has 0 aliphatic heterocycles. The zero-order valence-electron chi connectivity index (χ0n) is 9.33. The van der Waals surface area contributed by atoms with Crippen molar-refractivity contribution >= 4 is 22.9 Å². The highest BCUT2D eigenvalue weighted by atomic mass is 16.3. The van der Waals surface area contributed by atoms with Crippen LogP contribution in [0.1, 0.15) is 0 Å². The number of hydrogen-bond acceptors (Lipinski definition) is 4. The number of fused-ring (bicyclic) bond motifs is 1. The first-order valence-electron chi connectivity index (χ1n) is 5.41. The molecule has 0 radical (unpaired) electrons. The molecule has 1 aromatic heterocycles. The summed E-state index contributed by atoms with van der Waals surface area (Å²) in [5.41, 5.74) is 2.52. The SMILES string of the molecule is O=C=Nc1cccc2oc(-c3ccccc3)nc12. The summed E-state index contributed by atoms with van der Waals surface area (Å²) in [5, 5.41) is 0. The Morgan fingerprint density at radius 2 is 1.89 bits per heavy atom. The van der Waals surface area contributed by atoms with E-state index in [4.69, 9.17) is 4.42 Å². The summed E-state index contributed by atoms with van der Waals surface area (Å²) in [5.74, 6) is 0.513. The van der Waals surface area contributed by atoms with E-state index < -0.39 is 0 Å². The normalized spacial score (nSPS) is 10.2. The third kappa shape index (κ3) is 1.71. The highest BCUT2D eigenvalue weighted by Crippen LogP contribution is 2.29. The molecule has 4 nitrogen and oxygen atoms in total. The van der Waals surface area contributed by atoms with Gasteiger partial charge in [-0.15, -0.1) is 0 Å². The molecule has 0 N–H and O–H groups in total. The van der Waals surface area contributed by atoms with Gasteiger partial charge < -0.3 is 4.42 Å². The zero-order chi connectivity index (χ0) is 12.4. The number of oxazole rings is 1. The van der Waals surface area contributed by atoms with Gasteiger partial charge in [0.25, 0.3) is 0 Å². The molecule has 0 aliphatic carbocycles. The summed E-state index contributed by atoms with van der Waals surface area (Å²) in [7, 11) is 0. The quantitative estimate of drug-likeness (QED) is 0.505. The predicted octanol–water partition coefficient (Wildman–Crippen LogP) is 3.46. The molecule has 0 saturated heterocycles. The number of aliphatic imine (C=N–C) groups is 1. The van der Waals surface area contributed by atoms with Gasteiger partial charge in [-0.25, -0.2) is 9.78 Å². The van der Waals surface area contributed by atoms with Gasteiger partial charge in [-0.1, -0.05) is 24.3 Å². The number of hydrogen-bond donors (Lipinski definition) is 0. The Balaban J connectivity index is 2.23. The van der Waals surface area contributed by atoms with E-state index in [1.807, 2.05) is 30.3 Å². The molecule has 3 aromatic rings. The Morgan fingerprint density at radius 1 is 1.06 bits per heavy atom. The van der Waals surface area contributed by atoms with Gasteiger partial charge in [0, 0.05) is 5.56 Å². The van der Waals surface area contributed by atoms with E-state index in [1.165, 1.54) is 6.08 Å². The molecular formula is C14H8N2O2. The van der Waals surface area contributed by atoms with Crippen LogP contribution in [0.4, 0.5) is 5.69 Å². The van der Waals surface area contributed by atoms with E-state index in [2.05, 4.69) is 9.98 Å². The number of rotatable bonds is 2. The van der Waals surface area contributed by atoms with Crippen LogP contribution in [0, 0.1) is 0 Å². The predicted molar refractivity (Wildman–Crippen MR) is 67.2 cm³/mol. The van der Waals surface area contributed by atoms with Gasteiger partial charge in [-0.3, -0.25) is 0 Å². The first-order chi connectivity index (χ1) is 8.88. The van der Waals surface area contributed by atoms with Crippen molar-refractivity contribution < 1.29 is 9.21 Å². The number of nitrogens with zero attached hydrogens (tertiary/aromatic N) is 2. The highest BCUT2D eigenvalue weighted by molar-refractivity contribution is 5.87. The van der Waals surface area contributed by atoms with Crippen LogP contribution in [-0.4, -0.2) is 11.1 Å². The van der Waals surface area contributed by atoms with Crippen LogP contribution in [0.3, 0.4) is 0 Å². The summed E-state index contributed by atoms with van der Waals surface area (Å²) < 4.78 is 5.64. The smallest absolute Gasteiger partial charge is 0.240 e. The van der Waals surface area contributed by atoms with Crippen LogP contribution in [0.15, 0.2) is 57.9 Å². The van der Waals surface area contributed by atoms with Crippen LogP contribution in [0.5, 0.6) is 0 Å². The molecule has 2 aromatic carbocycles. The standard InChI is InChI=1S/C14H8N2O2/c17-9-15-11-7-4-8-12-13(11)16-14(18-12)10-5-2-1-3-6-10/h1-8H. The van der Waals surface area contributed by atoms with E-state index in [1.54, 1.807) is 18.2 Å². The van der Waals surface area contributed by atoms with Crippen molar-refractivity contribution in [3.8, 4) is 11.5 Å². The number of benzene rings is 2. The third-order valence-electron chi connectivity index (χ3n) is 2.58. The van der Waals surface area contributed by atoms with Crippen molar-refractivity contribution in [2.45, 2.75) is 0 Å². The lowest BCUT2D eigenvalue weighted by Gasteiger charge is -1.91. The monoisotopic (exact) mass is 236 g/mol. The molecule has 0 unspecified atom stereocenters. The molecule has 1 heterocycles. The summed E-state index contributed by atoms with van der Waals surface area (Å²) >= 11 is 0. The molecule has 0 aliphatic rings. The van der Waals surface area contributed by atoms with Crippen molar-refractivity contribution in [2.75, 3.05) is 0 Å². The first kappa shape index (κ1) is 10.4. The molecule has 86 valence electrons. The van der Waals surface area contributed by atoms with E-state index >= 15 is 0 Å².